The zero-order valence-electron chi connectivity index (χ0n) is 8.13. The number of rotatable bonds is 1. The van der Waals surface area contributed by atoms with Crippen LogP contribution in [-0.4, -0.2) is 12.0 Å². The molecule has 1 N–H and O–H groups in total. The van der Waals surface area contributed by atoms with E-state index in [1.54, 1.807) is 20.0 Å². The van der Waals surface area contributed by atoms with E-state index in [2.05, 4.69) is 10.3 Å². The van der Waals surface area contributed by atoms with Gasteiger partial charge in [0, 0.05) is 12.4 Å². The van der Waals surface area contributed by atoms with Crippen molar-refractivity contribution in [2.45, 2.75) is 6.92 Å². The lowest BCUT2D eigenvalue weighted by Crippen LogP contribution is -1.94. The molecular weight excluding hydrogens is 179 g/mol. The molecule has 3 heteroatoms. The average molecular weight is 190 g/mol. The number of aryl methyl sites for hydroxylation is 1. The molecule has 0 aliphatic heterocycles. The largest absolute Gasteiger partial charge is 0.373 e. The first-order valence-electron chi connectivity index (χ1n) is 4.46. The maximum absolute atomic E-state index is 13.6. The zero-order valence-corrected chi connectivity index (χ0v) is 8.13. The number of anilines is 1. The quantitative estimate of drug-likeness (QED) is 0.747. The van der Waals surface area contributed by atoms with E-state index in [1.807, 2.05) is 18.2 Å². The van der Waals surface area contributed by atoms with Gasteiger partial charge in [-0.2, -0.15) is 0 Å². The van der Waals surface area contributed by atoms with Crippen LogP contribution in [0.3, 0.4) is 0 Å². The van der Waals surface area contributed by atoms with Gasteiger partial charge < -0.3 is 5.32 Å². The number of fused-ring (bicyclic) bond motifs is 1. The number of aromatic nitrogens is 1. The van der Waals surface area contributed by atoms with Gasteiger partial charge in [0.15, 0.2) is 5.82 Å². The SMILES string of the molecule is CNc1ccc2ccc(C)c(F)c2n1. The Morgan fingerprint density at radius 1 is 1.21 bits per heavy atom. The summed E-state index contributed by atoms with van der Waals surface area (Å²) in [4.78, 5) is 4.17. The smallest absolute Gasteiger partial charge is 0.152 e. The summed E-state index contributed by atoms with van der Waals surface area (Å²) < 4.78 is 13.6. The molecule has 0 saturated heterocycles. The van der Waals surface area contributed by atoms with Gasteiger partial charge >= 0.3 is 0 Å². The van der Waals surface area contributed by atoms with Crippen LogP contribution in [0, 0.1) is 12.7 Å². The number of pyridine rings is 1. The topological polar surface area (TPSA) is 24.9 Å². The van der Waals surface area contributed by atoms with Crippen LogP contribution in [-0.2, 0) is 0 Å². The molecule has 1 aromatic heterocycles. The Kier molecular flexibility index (Phi) is 2.08. The first-order chi connectivity index (χ1) is 6.72. The van der Waals surface area contributed by atoms with Crippen LogP contribution in [0.25, 0.3) is 10.9 Å². The van der Waals surface area contributed by atoms with E-state index in [-0.39, 0.29) is 5.82 Å². The second kappa shape index (κ2) is 3.25. The van der Waals surface area contributed by atoms with Gasteiger partial charge in [0.1, 0.15) is 11.3 Å². The fourth-order valence-corrected chi connectivity index (χ4v) is 1.39. The van der Waals surface area contributed by atoms with E-state index in [1.165, 1.54) is 0 Å². The van der Waals surface area contributed by atoms with Gasteiger partial charge in [0.25, 0.3) is 0 Å². The molecule has 2 rings (SSSR count). The molecule has 1 heterocycles. The van der Waals surface area contributed by atoms with Gasteiger partial charge in [-0.3, -0.25) is 0 Å². The monoisotopic (exact) mass is 190 g/mol. The predicted octanol–water partition coefficient (Wildman–Crippen LogP) is 2.72. The first-order valence-corrected chi connectivity index (χ1v) is 4.46. The molecule has 1 aromatic carbocycles. The summed E-state index contributed by atoms with van der Waals surface area (Å²) in [5.74, 6) is 0.446. The zero-order chi connectivity index (χ0) is 10.1. The number of hydrogen-bond donors (Lipinski definition) is 1. The normalized spacial score (nSPS) is 10.5. The first kappa shape index (κ1) is 8.94. The summed E-state index contributed by atoms with van der Waals surface area (Å²) in [6.45, 7) is 1.74. The van der Waals surface area contributed by atoms with E-state index in [0.717, 1.165) is 5.39 Å². The van der Waals surface area contributed by atoms with Crippen molar-refractivity contribution < 1.29 is 4.39 Å². The van der Waals surface area contributed by atoms with Crippen LogP contribution >= 0.6 is 0 Å². The molecular formula is C11H11FN2. The molecule has 72 valence electrons. The lowest BCUT2D eigenvalue weighted by atomic mass is 10.1. The summed E-state index contributed by atoms with van der Waals surface area (Å²) in [5, 5.41) is 3.71. The number of hydrogen-bond acceptors (Lipinski definition) is 2. The van der Waals surface area contributed by atoms with Crippen molar-refractivity contribution in [2.24, 2.45) is 0 Å². The van der Waals surface area contributed by atoms with E-state index >= 15 is 0 Å². The van der Waals surface area contributed by atoms with Crippen LogP contribution in [0.1, 0.15) is 5.56 Å². The minimum absolute atomic E-state index is 0.236. The Morgan fingerprint density at radius 2 is 1.93 bits per heavy atom. The molecule has 0 aliphatic rings. The molecule has 0 bridgehead atoms. The summed E-state index contributed by atoms with van der Waals surface area (Å²) in [5.41, 5.74) is 1.05. The third-order valence-electron chi connectivity index (χ3n) is 2.25. The molecule has 0 aliphatic carbocycles. The minimum atomic E-state index is -0.236. The molecule has 0 unspecified atom stereocenters. The lowest BCUT2D eigenvalue weighted by Gasteiger charge is -2.04. The van der Waals surface area contributed by atoms with Crippen LogP contribution in [0.15, 0.2) is 24.3 Å². The highest BCUT2D eigenvalue weighted by atomic mass is 19.1. The fourth-order valence-electron chi connectivity index (χ4n) is 1.39. The maximum atomic E-state index is 13.6. The second-order valence-corrected chi connectivity index (χ2v) is 3.21. The Bertz CT molecular complexity index is 480. The third-order valence-corrected chi connectivity index (χ3v) is 2.25. The van der Waals surface area contributed by atoms with Gasteiger partial charge in [-0.05, 0) is 24.6 Å². The summed E-state index contributed by atoms with van der Waals surface area (Å²) in [6, 6.07) is 7.33. The van der Waals surface area contributed by atoms with Crippen molar-refractivity contribution in [3.63, 3.8) is 0 Å². The van der Waals surface area contributed by atoms with Gasteiger partial charge in [0.05, 0.1) is 0 Å². The van der Waals surface area contributed by atoms with Crippen molar-refractivity contribution in [1.82, 2.24) is 4.98 Å². The van der Waals surface area contributed by atoms with Crippen molar-refractivity contribution in [1.29, 1.82) is 0 Å². The van der Waals surface area contributed by atoms with Crippen LogP contribution in [0.2, 0.25) is 0 Å². The number of benzene rings is 1. The summed E-state index contributed by atoms with van der Waals surface area (Å²) in [6.07, 6.45) is 0. The van der Waals surface area contributed by atoms with Crippen molar-refractivity contribution in [3.8, 4) is 0 Å². The standard InChI is InChI=1S/C11H11FN2/c1-7-3-4-8-5-6-9(13-2)14-11(8)10(7)12/h3-6H,1-2H3,(H,13,14). The van der Waals surface area contributed by atoms with Crippen LogP contribution < -0.4 is 5.32 Å². The van der Waals surface area contributed by atoms with E-state index < -0.39 is 0 Å². The fraction of sp³-hybridized carbons (Fsp3) is 0.182. The van der Waals surface area contributed by atoms with Gasteiger partial charge in [-0.25, -0.2) is 9.37 Å². The predicted molar refractivity (Wildman–Crippen MR) is 56.0 cm³/mol. The Balaban J connectivity index is 2.78. The highest BCUT2D eigenvalue weighted by Crippen LogP contribution is 2.20. The Hall–Kier alpha value is -1.64. The van der Waals surface area contributed by atoms with E-state index in [0.29, 0.717) is 16.9 Å². The maximum Gasteiger partial charge on any atom is 0.152 e. The molecule has 0 saturated carbocycles. The van der Waals surface area contributed by atoms with E-state index in [4.69, 9.17) is 0 Å². The van der Waals surface area contributed by atoms with E-state index in [9.17, 15) is 4.39 Å². The highest BCUT2D eigenvalue weighted by Gasteiger charge is 2.05. The number of halogens is 1. The molecule has 0 amide bonds. The Labute approximate surface area is 81.8 Å². The third kappa shape index (κ3) is 1.31. The average Bonchev–Trinajstić information content (AvgIpc) is 2.23. The molecule has 0 fully saturated rings. The Morgan fingerprint density at radius 3 is 2.64 bits per heavy atom. The number of nitrogens with zero attached hydrogens (tertiary/aromatic N) is 1. The lowest BCUT2D eigenvalue weighted by molar-refractivity contribution is 0.628. The van der Waals surface area contributed by atoms with Gasteiger partial charge in [-0.1, -0.05) is 12.1 Å². The van der Waals surface area contributed by atoms with Gasteiger partial charge in [0.2, 0.25) is 0 Å². The molecule has 2 nitrogen and oxygen atoms in total. The number of nitrogens with one attached hydrogen (secondary N) is 1. The van der Waals surface area contributed by atoms with Crippen molar-refractivity contribution in [2.75, 3.05) is 12.4 Å². The minimum Gasteiger partial charge on any atom is -0.373 e. The second-order valence-electron chi connectivity index (χ2n) is 3.21. The molecule has 0 spiro atoms. The molecule has 0 atom stereocenters. The van der Waals surface area contributed by atoms with Crippen LogP contribution in [0.5, 0.6) is 0 Å². The molecule has 0 radical (unpaired) electrons. The summed E-state index contributed by atoms with van der Waals surface area (Å²) in [7, 11) is 1.77. The summed E-state index contributed by atoms with van der Waals surface area (Å²) >= 11 is 0. The van der Waals surface area contributed by atoms with Crippen molar-refractivity contribution >= 4 is 16.7 Å². The van der Waals surface area contributed by atoms with Crippen LogP contribution in [0.4, 0.5) is 10.2 Å². The van der Waals surface area contributed by atoms with Crippen molar-refractivity contribution in [3.05, 3.63) is 35.6 Å². The van der Waals surface area contributed by atoms with Gasteiger partial charge in [-0.15, -0.1) is 0 Å². The molecule has 14 heavy (non-hydrogen) atoms. The molecule has 2 aromatic rings. The highest BCUT2D eigenvalue weighted by molar-refractivity contribution is 5.81.